The van der Waals surface area contributed by atoms with Crippen molar-refractivity contribution in [3.05, 3.63) is 34.5 Å². The van der Waals surface area contributed by atoms with Gasteiger partial charge in [0.25, 0.3) is 5.56 Å². The van der Waals surface area contributed by atoms with Gasteiger partial charge in [0.05, 0.1) is 6.54 Å². The molecule has 0 atom stereocenters. The van der Waals surface area contributed by atoms with Crippen LogP contribution in [0.3, 0.4) is 0 Å². The van der Waals surface area contributed by atoms with Crippen molar-refractivity contribution in [3.8, 4) is 0 Å². The average molecular weight is 247 g/mol. The smallest absolute Gasteiger partial charge is 0.293 e. The summed E-state index contributed by atoms with van der Waals surface area (Å²) < 4.78 is 6.57. The van der Waals surface area contributed by atoms with Crippen molar-refractivity contribution in [2.45, 2.75) is 32.4 Å². The normalized spacial score (nSPS) is 14.7. The molecule has 0 aromatic carbocycles. The minimum Gasteiger partial charge on any atom is -0.358 e. The Kier molecular flexibility index (Phi) is 2.58. The summed E-state index contributed by atoms with van der Waals surface area (Å²) in [7, 11) is 0. The van der Waals surface area contributed by atoms with Crippen LogP contribution in [0.25, 0.3) is 0 Å². The first-order valence-electron chi connectivity index (χ1n) is 5.84. The maximum atomic E-state index is 12.1. The average Bonchev–Trinajstić information content (AvgIpc) is 3.11. The number of nitrogens with one attached hydrogen (secondary N) is 1. The molecule has 1 saturated carbocycles. The summed E-state index contributed by atoms with van der Waals surface area (Å²) in [6, 6.07) is 0.341. The van der Waals surface area contributed by atoms with Gasteiger partial charge in [-0.2, -0.15) is 4.98 Å². The molecule has 0 unspecified atom stereocenters. The molecule has 7 heteroatoms. The summed E-state index contributed by atoms with van der Waals surface area (Å²) in [5.41, 5.74) is -0.0970. The number of rotatable bonds is 4. The standard InChI is InChI=1S/C11H13N5O2/c1-7-14-9(15-18-7)6-13-10-11(17)16(5-4-12-10)8-2-3-8/h4-5,8H,2-3,6H2,1H3,(H,12,13). The topological polar surface area (TPSA) is 85.8 Å². The summed E-state index contributed by atoms with van der Waals surface area (Å²) >= 11 is 0. The van der Waals surface area contributed by atoms with E-state index < -0.39 is 0 Å². The molecule has 0 aliphatic heterocycles. The van der Waals surface area contributed by atoms with Crippen LogP contribution in [0.5, 0.6) is 0 Å². The van der Waals surface area contributed by atoms with E-state index in [1.165, 1.54) is 0 Å². The van der Waals surface area contributed by atoms with Crippen molar-refractivity contribution >= 4 is 5.82 Å². The minimum absolute atomic E-state index is 0.0970. The monoisotopic (exact) mass is 247 g/mol. The van der Waals surface area contributed by atoms with E-state index >= 15 is 0 Å². The lowest BCUT2D eigenvalue weighted by Crippen LogP contribution is -2.23. The first-order chi connectivity index (χ1) is 8.74. The Bertz CT molecular complexity index is 614. The molecular weight excluding hydrogens is 234 g/mol. The van der Waals surface area contributed by atoms with E-state index in [2.05, 4.69) is 20.4 Å². The summed E-state index contributed by atoms with van der Waals surface area (Å²) in [6.45, 7) is 2.05. The van der Waals surface area contributed by atoms with Crippen molar-refractivity contribution < 1.29 is 4.52 Å². The van der Waals surface area contributed by atoms with Crippen LogP contribution in [0, 0.1) is 6.92 Å². The fraction of sp³-hybridized carbons (Fsp3) is 0.455. The van der Waals surface area contributed by atoms with Gasteiger partial charge in [-0.05, 0) is 12.8 Å². The van der Waals surface area contributed by atoms with Crippen molar-refractivity contribution in [2.24, 2.45) is 0 Å². The maximum Gasteiger partial charge on any atom is 0.293 e. The summed E-state index contributed by atoms with van der Waals surface area (Å²) in [5, 5.41) is 6.68. The number of aromatic nitrogens is 4. The molecule has 0 spiro atoms. The molecule has 1 N–H and O–H groups in total. The molecule has 0 saturated heterocycles. The van der Waals surface area contributed by atoms with Crippen LogP contribution in [0.2, 0.25) is 0 Å². The van der Waals surface area contributed by atoms with Gasteiger partial charge in [0, 0.05) is 25.4 Å². The molecule has 3 rings (SSSR count). The van der Waals surface area contributed by atoms with Gasteiger partial charge in [-0.25, -0.2) is 4.98 Å². The van der Waals surface area contributed by atoms with E-state index in [4.69, 9.17) is 4.52 Å². The predicted molar refractivity (Wildman–Crippen MR) is 63.1 cm³/mol. The number of hydrogen-bond donors (Lipinski definition) is 1. The fourth-order valence-electron chi connectivity index (χ4n) is 1.76. The van der Waals surface area contributed by atoms with Gasteiger partial charge in [-0.1, -0.05) is 5.16 Å². The molecule has 1 aliphatic rings. The van der Waals surface area contributed by atoms with Crippen molar-refractivity contribution in [1.29, 1.82) is 0 Å². The first kappa shape index (κ1) is 10.9. The number of hydrogen-bond acceptors (Lipinski definition) is 6. The lowest BCUT2D eigenvalue weighted by molar-refractivity contribution is 0.388. The molecule has 2 aromatic rings. The molecule has 0 bridgehead atoms. The van der Waals surface area contributed by atoms with Gasteiger partial charge in [-0.3, -0.25) is 4.79 Å². The van der Waals surface area contributed by atoms with E-state index in [1.54, 1.807) is 23.9 Å². The zero-order valence-electron chi connectivity index (χ0n) is 9.96. The SMILES string of the molecule is Cc1nc(CNc2nccn(C3CC3)c2=O)no1. The largest absolute Gasteiger partial charge is 0.358 e. The van der Waals surface area contributed by atoms with Gasteiger partial charge >= 0.3 is 0 Å². The third-order valence-electron chi connectivity index (χ3n) is 2.79. The Morgan fingerprint density at radius 2 is 2.39 bits per heavy atom. The van der Waals surface area contributed by atoms with E-state index in [0.717, 1.165) is 12.8 Å². The van der Waals surface area contributed by atoms with Crippen LogP contribution in [-0.4, -0.2) is 19.7 Å². The Hall–Kier alpha value is -2.18. The molecular formula is C11H13N5O2. The predicted octanol–water partition coefficient (Wildman–Crippen LogP) is 0.882. The highest BCUT2D eigenvalue weighted by Crippen LogP contribution is 2.33. The Morgan fingerprint density at radius 1 is 1.56 bits per heavy atom. The summed E-state index contributed by atoms with van der Waals surface area (Å²) in [4.78, 5) is 20.1. The van der Waals surface area contributed by atoms with E-state index in [1.807, 2.05) is 0 Å². The highest BCUT2D eigenvalue weighted by Gasteiger charge is 2.25. The molecule has 0 amide bonds. The lowest BCUT2D eigenvalue weighted by atomic mass is 10.5. The van der Waals surface area contributed by atoms with Gasteiger partial charge in [0.2, 0.25) is 5.89 Å². The van der Waals surface area contributed by atoms with Crippen LogP contribution in [0.1, 0.15) is 30.6 Å². The second kappa shape index (κ2) is 4.25. The van der Waals surface area contributed by atoms with Crippen molar-refractivity contribution in [3.63, 3.8) is 0 Å². The second-order valence-electron chi connectivity index (χ2n) is 4.30. The maximum absolute atomic E-state index is 12.1. The van der Waals surface area contributed by atoms with E-state index in [9.17, 15) is 4.79 Å². The second-order valence-corrected chi connectivity index (χ2v) is 4.30. The number of aryl methyl sites for hydroxylation is 1. The molecule has 0 radical (unpaired) electrons. The molecule has 1 aliphatic carbocycles. The molecule has 18 heavy (non-hydrogen) atoms. The minimum atomic E-state index is -0.0970. The Balaban J connectivity index is 1.76. The van der Waals surface area contributed by atoms with Crippen molar-refractivity contribution in [2.75, 3.05) is 5.32 Å². The van der Waals surface area contributed by atoms with Gasteiger partial charge in [-0.15, -0.1) is 0 Å². The third kappa shape index (κ3) is 2.11. The molecule has 7 nitrogen and oxygen atoms in total. The van der Waals surface area contributed by atoms with Gasteiger partial charge in [0.15, 0.2) is 11.6 Å². The van der Waals surface area contributed by atoms with E-state index in [0.29, 0.717) is 30.1 Å². The Labute approximate surface area is 103 Å². The third-order valence-corrected chi connectivity index (χ3v) is 2.79. The number of anilines is 1. The van der Waals surface area contributed by atoms with Crippen molar-refractivity contribution in [1.82, 2.24) is 19.7 Å². The zero-order chi connectivity index (χ0) is 12.5. The van der Waals surface area contributed by atoms with Crippen LogP contribution in [0.15, 0.2) is 21.7 Å². The Morgan fingerprint density at radius 3 is 3.06 bits per heavy atom. The van der Waals surface area contributed by atoms with Crippen LogP contribution in [0.4, 0.5) is 5.82 Å². The van der Waals surface area contributed by atoms with Gasteiger partial charge in [0.1, 0.15) is 0 Å². The molecule has 2 aromatic heterocycles. The quantitative estimate of drug-likeness (QED) is 0.863. The first-order valence-corrected chi connectivity index (χ1v) is 5.84. The highest BCUT2D eigenvalue weighted by atomic mass is 16.5. The fourth-order valence-corrected chi connectivity index (χ4v) is 1.76. The number of nitrogens with zero attached hydrogens (tertiary/aromatic N) is 4. The highest BCUT2D eigenvalue weighted by molar-refractivity contribution is 5.31. The lowest BCUT2D eigenvalue weighted by Gasteiger charge is -2.06. The zero-order valence-corrected chi connectivity index (χ0v) is 9.96. The molecule has 94 valence electrons. The van der Waals surface area contributed by atoms with E-state index in [-0.39, 0.29) is 5.56 Å². The molecule has 2 heterocycles. The van der Waals surface area contributed by atoms with Gasteiger partial charge < -0.3 is 14.4 Å². The van der Waals surface area contributed by atoms with Crippen LogP contribution >= 0.6 is 0 Å². The summed E-state index contributed by atoms with van der Waals surface area (Å²) in [6.07, 6.45) is 5.48. The van der Waals surface area contributed by atoms with Crippen LogP contribution < -0.4 is 10.9 Å². The molecule has 1 fully saturated rings. The van der Waals surface area contributed by atoms with Crippen LogP contribution in [-0.2, 0) is 6.54 Å². The summed E-state index contributed by atoms with van der Waals surface area (Å²) in [5.74, 6) is 1.34.